The zero-order valence-corrected chi connectivity index (χ0v) is 15.3. The van der Waals surface area contributed by atoms with Gasteiger partial charge in [0.1, 0.15) is 16.7 Å². The van der Waals surface area contributed by atoms with Crippen molar-refractivity contribution in [2.24, 2.45) is 0 Å². The van der Waals surface area contributed by atoms with Crippen LogP contribution in [-0.2, 0) is 16.6 Å². The van der Waals surface area contributed by atoms with Gasteiger partial charge in [-0.15, -0.1) is 6.58 Å². The van der Waals surface area contributed by atoms with Crippen molar-refractivity contribution in [3.8, 4) is 5.75 Å². The molecule has 0 unspecified atom stereocenters. The molecule has 0 saturated carbocycles. The highest BCUT2D eigenvalue weighted by molar-refractivity contribution is 7.89. The molecule has 0 aliphatic carbocycles. The number of hydrogen-bond donors (Lipinski definition) is 0. The molecule has 0 radical (unpaired) electrons. The molecule has 0 N–H and O–H groups in total. The number of fused-ring (bicyclic) bond motifs is 1. The second kappa shape index (κ2) is 7.60. The number of sulfonamides is 1. The minimum atomic E-state index is -3.70. The molecule has 0 amide bonds. The second-order valence-electron chi connectivity index (χ2n) is 5.98. The first-order valence-corrected chi connectivity index (χ1v) is 9.93. The van der Waals surface area contributed by atoms with Gasteiger partial charge in [-0.3, -0.25) is 0 Å². The molecule has 4 nitrogen and oxygen atoms in total. The summed E-state index contributed by atoms with van der Waals surface area (Å²) in [5, 5.41) is 0.370. The Hall–Kier alpha value is -1.82. The summed E-state index contributed by atoms with van der Waals surface area (Å²) in [7, 11) is -3.70. The first kappa shape index (κ1) is 18.0. The largest absolute Gasteiger partial charge is 0.488 e. The fourth-order valence-electron chi connectivity index (χ4n) is 2.85. The first-order valence-electron chi connectivity index (χ1n) is 8.12. The van der Waals surface area contributed by atoms with Crippen molar-refractivity contribution in [1.29, 1.82) is 0 Å². The van der Waals surface area contributed by atoms with Gasteiger partial charge in [-0.2, -0.15) is 4.31 Å². The topological polar surface area (TPSA) is 46.6 Å². The Morgan fingerprint density at radius 3 is 2.72 bits per heavy atom. The molecule has 1 aliphatic rings. The van der Waals surface area contributed by atoms with Crippen LogP contribution < -0.4 is 4.74 Å². The van der Waals surface area contributed by atoms with Gasteiger partial charge in [0, 0.05) is 11.6 Å². The van der Waals surface area contributed by atoms with Crippen molar-refractivity contribution in [2.45, 2.75) is 30.4 Å². The standard InChI is InChI=1S/C19H20ClNO3S/c1-2-3-9-17-14-21(13-15-7-5-4-6-8-15)25(22,23)19-12-16(20)10-11-18(19)24-17/h2,4-8,10-12,17H,1,3,9,13-14H2/t17-/m1/s1. The van der Waals surface area contributed by atoms with E-state index in [1.807, 2.05) is 36.4 Å². The molecular formula is C19H20ClNO3S. The molecule has 0 aromatic heterocycles. The summed E-state index contributed by atoms with van der Waals surface area (Å²) < 4.78 is 33.8. The van der Waals surface area contributed by atoms with E-state index in [-0.39, 0.29) is 17.5 Å². The van der Waals surface area contributed by atoms with E-state index < -0.39 is 10.0 Å². The summed E-state index contributed by atoms with van der Waals surface area (Å²) in [6, 6.07) is 14.3. The normalized spacial score (nSPS) is 19.5. The number of nitrogens with zero attached hydrogens (tertiary/aromatic N) is 1. The van der Waals surface area contributed by atoms with Crippen LogP contribution in [0.2, 0.25) is 5.02 Å². The molecule has 25 heavy (non-hydrogen) atoms. The molecule has 132 valence electrons. The minimum absolute atomic E-state index is 0.122. The number of allylic oxidation sites excluding steroid dienone is 1. The van der Waals surface area contributed by atoms with E-state index in [9.17, 15) is 8.42 Å². The third-order valence-corrected chi connectivity index (χ3v) is 6.19. The Balaban J connectivity index is 2.01. The Labute approximate surface area is 153 Å². The van der Waals surface area contributed by atoms with Crippen molar-refractivity contribution >= 4 is 21.6 Å². The van der Waals surface area contributed by atoms with E-state index in [1.165, 1.54) is 10.4 Å². The predicted molar refractivity (Wildman–Crippen MR) is 99.3 cm³/mol. The third-order valence-electron chi connectivity index (χ3n) is 4.12. The van der Waals surface area contributed by atoms with E-state index in [2.05, 4.69) is 6.58 Å². The first-order chi connectivity index (χ1) is 12.0. The SMILES string of the molecule is C=CCC[C@@H]1CN(Cc2ccccc2)S(=O)(=O)c2cc(Cl)ccc2O1. The maximum absolute atomic E-state index is 13.2. The molecule has 0 spiro atoms. The summed E-state index contributed by atoms with van der Waals surface area (Å²) in [5.41, 5.74) is 0.930. The van der Waals surface area contributed by atoms with Gasteiger partial charge < -0.3 is 4.74 Å². The smallest absolute Gasteiger partial charge is 0.247 e. The summed E-state index contributed by atoms with van der Waals surface area (Å²) in [6.45, 7) is 4.32. The van der Waals surface area contributed by atoms with Crippen molar-refractivity contribution < 1.29 is 13.2 Å². The fraction of sp³-hybridized carbons (Fsp3) is 0.263. The van der Waals surface area contributed by atoms with Gasteiger partial charge in [0.25, 0.3) is 0 Å². The number of rotatable bonds is 5. The van der Waals surface area contributed by atoms with Crippen LogP contribution in [0, 0.1) is 0 Å². The lowest BCUT2D eigenvalue weighted by Gasteiger charge is -2.23. The molecule has 0 fully saturated rings. The Morgan fingerprint density at radius 1 is 1.24 bits per heavy atom. The van der Waals surface area contributed by atoms with Crippen LogP contribution in [-0.4, -0.2) is 25.4 Å². The summed E-state index contributed by atoms with van der Waals surface area (Å²) in [6.07, 6.45) is 3.03. The summed E-state index contributed by atoms with van der Waals surface area (Å²) >= 11 is 6.03. The Morgan fingerprint density at radius 2 is 2.00 bits per heavy atom. The Bertz CT molecular complexity index is 852. The number of benzene rings is 2. The van der Waals surface area contributed by atoms with E-state index in [0.29, 0.717) is 23.7 Å². The zero-order valence-electron chi connectivity index (χ0n) is 13.8. The van der Waals surface area contributed by atoms with E-state index in [1.54, 1.807) is 12.1 Å². The molecule has 1 aliphatic heterocycles. The van der Waals surface area contributed by atoms with Crippen LogP contribution in [0.3, 0.4) is 0 Å². The summed E-state index contributed by atoms with van der Waals surface area (Å²) in [5.74, 6) is 0.356. The van der Waals surface area contributed by atoms with Crippen molar-refractivity contribution in [3.05, 3.63) is 71.8 Å². The third kappa shape index (κ3) is 4.06. The fourth-order valence-corrected chi connectivity index (χ4v) is 4.70. The van der Waals surface area contributed by atoms with Crippen LogP contribution in [0.4, 0.5) is 0 Å². The average Bonchev–Trinajstić information content (AvgIpc) is 2.70. The second-order valence-corrected chi connectivity index (χ2v) is 8.32. The van der Waals surface area contributed by atoms with Gasteiger partial charge in [-0.1, -0.05) is 48.0 Å². The van der Waals surface area contributed by atoms with Crippen LogP contribution in [0.15, 0.2) is 66.1 Å². The maximum atomic E-state index is 13.2. The lowest BCUT2D eigenvalue weighted by atomic mass is 10.1. The van der Waals surface area contributed by atoms with Crippen LogP contribution in [0.25, 0.3) is 0 Å². The molecule has 1 heterocycles. The number of ether oxygens (including phenoxy) is 1. The van der Waals surface area contributed by atoms with Gasteiger partial charge in [0.05, 0.1) is 6.54 Å². The predicted octanol–water partition coefficient (Wildman–Crippen LogP) is 4.26. The average molecular weight is 378 g/mol. The molecule has 1 atom stereocenters. The van der Waals surface area contributed by atoms with E-state index in [4.69, 9.17) is 16.3 Å². The van der Waals surface area contributed by atoms with Crippen LogP contribution in [0.5, 0.6) is 5.75 Å². The number of hydrogen-bond acceptors (Lipinski definition) is 3. The van der Waals surface area contributed by atoms with Gasteiger partial charge in [-0.25, -0.2) is 8.42 Å². The van der Waals surface area contributed by atoms with Gasteiger partial charge in [0.15, 0.2) is 0 Å². The molecule has 6 heteroatoms. The maximum Gasteiger partial charge on any atom is 0.247 e. The van der Waals surface area contributed by atoms with Crippen LogP contribution in [0.1, 0.15) is 18.4 Å². The molecular weight excluding hydrogens is 358 g/mol. The zero-order chi connectivity index (χ0) is 17.9. The van der Waals surface area contributed by atoms with E-state index in [0.717, 1.165) is 12.0 Å². The highest BCUT2D eigenvalue weighted by Gasteiger charge is 2.34. The van der Waals surface area contributed by atoms with Crippen LogP contribution >= 0.6 is 11.6 Å². The van der Waals surface area contributed by atoms with Crippen molar-refractivity contribution in [1.82, 2.24) is 4.31 Å². The highest BCUT2D eigenvalue weighted by atomic mass is 35.5. The monoisotopic (exact) mass is 377 g/mol. The minimum Gasteiger partial charge on any atom is -0.488 e. The molecule has 0 saturated heterocycles. The van der Waals surface area contributed by atoms with Gasteiger partial charge >= 0.3 is 0 Å². The molecule has 2 aromatic carbocycles. The van der Waals surface area contributed by atoms with Crippen molar-refractivity contribution in [3.63, 3.8) is 0 Å². The quantitative estimate of drug-likeness (QED) is 0.731. The van der Waals surface area contributed by atoms with Crippen molar-refractivity contribution in [2.75, 3.05) is 6.54 Å². The molecule has 2 aromatic rings. The Kier molecular flexibility index (Phi) is 5.47. The number of halogens is 1. The van der Waals surface area contributed by atoms with E-state index >= 15 is 0 Å². The highest BCUT2D eigenvalue weighted by Crippen LogP contribution is 2.34. The lowest BCUT2D eigenvalue weighted by molar-refractivity contribution is 0.164. The summed E-state index contributed by atoms with van der Waals surface area (Å²) in [4.78, 5) is 0.122. The molecule has 0 bridgehead atoms. The lowest BCUT2D eigenvalue weighted by Crippen LogP contribution is -2.36. The van der Waals surface area contributed by atoms with Gasteiger partial charge in [-0.05, 0) is 36.6 Å². The molecule has 3 rings (SSSR count). The van der Waals surface area contributed by atoms with Gasteiger partial charge in [0.2, 0.25) is 10.0 Å².